The summed E-state index contributed by atoms with van der Waals surface area (Å²) < 4.78 is -0.153. The third-order valence-electron chi connectivity index (χ3n) is 0.436. The number of hydrogen-bond acceptors (Lipinski definition) is 0. The Labute approximate surface area is 58.3 Å². The van der Waals surface area contributed by atoms with Crippen LogP contribution in [0.25, 0.3) is 0 Å². The minimum atomic E-state index is -0.153. The fourth-order valence-corrected chi connectivity index (χ4v) is 0. The van der Waals surface area contributed by atoms with Gasteiger partial charge in [0.2, 0.25) is 0 Å². The smallest absolute Gasteiger partial charge is 0.276 e. The lowest BCUT2D eigenvalue weighted by Gasteiger charge is -2.01. The molecular formula is C2H7BBr2S. The molecule has 0 unspecified atom stereocenters. The molecule has 0 saturated heterocycles. The van der Waals surface area contributed by atoms with Gasteiger partial charge >= 0.3 is 3.64 Å². The van der Waals surface area contributed by atoms with Crippen LogP contribution in [0.3, 0.4) is 0 Å². The molecule has 0 spiro atoms. The van der Waals surface area contributed by atoms with E-state index in [1.165, 1.54) is 0 Å². The molecule has 0 aromatic carbocycles. The summed E-state index contributed by atoms with van der Waals surface area (Å²) in [7, 11) is 0.549. The molecule has 0 aliphatic carbocycles. The van der Waals surface area contributed by atoms with Crippen molar-refractivity contribution in [3.63, 3.8) is 0 Å². The molecule has 0 aliphatic heterocycles. The van der Waals surface area contributed by atoms with E-state index in [1.54, 1.807) is 0 Å². The number of rotatable bonds is 1. The van der Waals surface area contributed by atoms with Crippen molar-refractivity contribution in [1.29, 1.82) is 0 Å². The molecule has 0 fully saturated rings. The van der Waals surface area contributed by atoms with Gasteiger partial charge in [0.1, 0.15) is 0 Å². The molecule has 38 valence electrons. The molecule has 0 N–H and O–H groups in total. The van der Waals surface area contributed by atoms with Gasteiger partial charge in [-0.05, 0) is 0 Å². The van der Waals surface area contributed by atoms with E-state index in [0.29, 0.717) is 10.7 Å². The Morgan fingerprint density at radius 1 is 1.33 bits per heavy atom. The maximum absolute atomic E-state index is 3.45. The second kappa shape index (κ2) is 3.39. The normalized spacial score (nSPS) is 11.0. The highest BCUT2D eigenvalue weighted by atomic mass is 79.9. The Bertz CT molecular complexity index is 32.5. The van der Waals surface area contributed by atoms with Crippen LogP contribution in [-0.4, -0.2) is 16.2 Å². The van der Waals surface area contributed by atoms with Gasteiger partial charge in [-0.15, -0.1) is 0 Å². The summed E-state index contributed by atoms with van der Waals surface area (Å²) in [6.45, 7) is 0. The molecule has 0 atom stereocenters. The molecule has 4 heteroatoms. The lowest BCUT2D eigenvalue weighted by molar-refractivity contribution is 2.33. The van der Waals surface area contributed by atoms with Gasteiger partial charge in [-0.2, -0.15) is 0 Å². The van der Waals surface area contributed by atoms with Crippen molar-refractivity contribution in [3.8, 4) is 0 Å². The standard InChI is InChI=1S/C2H7BBr2S/c1-6(2)3(4)5/h3H,1-2H3. The molecule has 0 nitrogen and oxygen atoms in total. The van der Waals surface area contributed by atoms with Crippen LogP contribution in [0.5, 0.6) is 0 Å². The number of halogens is 2. The zero-order valence-corrected chi connectivity index (χ0v) is 7.86. The summed E-state index contributed by atoms with van der Waals surface area (Å²) in [6.07, 6.45) is 4.42. The lowest BCUT2D eigenvalue weighted by Crippen LogP contribution is -2.07. The summed E-state index contributed by atoms with van der Waals surface area (Å²) in [4.78, 5) is 0. The maximum Gasteiger partial charge on any atom is 0.330 e. The zero-order valence-electron chi connectivity index (χ0n) is 3.87. The first-order valence-corrected chi connectivity index (χ1v) is 6.09. The number of hydrogen-bond donors (Lipinski definition) is 0. The zero-order chi connectivity index (χ0) is 5.15. The van der Waals surface area contributed by atoms with E-state index in [0.717, 1.165) is 0 Å². The quantitative estimate of drug-likeness (QED) is 0.474. The van der Waals surface area contributed by atoms with Crippen LogP contribution in [0.4, 0.5) is 0 Å². The average Bonchev–Trinajstić information content (AvgIpc) is 1.36. The molecule has 6 heavy (non-hydrogen) atoms. The van der Waals surface area contributed by atoms with E-state index in [1.807, 2.05) is 0 Å². The third kappa shape index (κ3) is 3.56. The van der Waals surface area contributed by atoms with E-state index >= 15 is 0 Å². The Morgan fingerprint density at radius 2 is 1.50 bits per heavy atom. The van der Waals surface area contributed by atoms with Gasteiger partial charge in [0.15, 0.2) is 0 Å². The molecule has 0 bridgehead atoms. The Kier molecular flexibility index (Phi) is 4.16. The molecule has 0 saturated carbocycles. The summed E-state index contributed by atoms with van der Waals surface area (Å²) >= 11 is 6.90. The first kappa shape index (κ1) is 7.37. The van der Waals surface area contributed by atoms with Crippen molar-refractivity contribution in [3.05, 3.63) is 0 Å². The van der Waals surface area contributed by atoms with Crippen LogP contribution in [0, 0.1) is 0 Å². The van der Waals surface area contributed by atoms with Gasteiger partial charge in [-0.3, -0.25) is 31.5 Å². The molecule has 0 radical (unpaired) electrons. The van der Waals surface area contributed by atoms with Crippen molar-refractivity contribution >= 4 is 45.9 Å². The second-order valence-electron chi connectivity index (χ2n) is 1.30. The fourth-order valence-electron chi connectivity index (χ4n) is 0. The summed E-state index contributed by atoms with van der Waals surface area (Å²) in [5.74, 6) is 0. The Morgan fingerprint density at radius 3 is 1.50 bits per heavy atom. The monoisotopic (exact) mass is 232 g/mol. The highest BCUT2D eigenvalue weighted by Gasteiger charge is 2.02. The highest BCUT2D eigenvalue weighted by molar-refractivity contribution is 9.54. The van der Waals surface area contributed by atoms with Gasteiger partial charge in [-0.25, -0.2) is 10.7 Å². The first-order chi connectivity index (χ1) is 2.64. The van der Waals surface area contributed by atoms with Crippen LogP contribution in [0.1, 0.15) is 0 Å². The van der Waals surface area contributed by atoms with Crippen molar-refractivity contribution in [2.45, 2.75) is 0 Å². The predicted molar refractivity (Wildman–Crippen MR) is 44.2 cm³/mol. The Balaban J connectivity index is 2.99. The van der Waals surface area contributed by atoms with Gasteiger partial charge in [0.05, 0.1) is 12.5 Å². The lowest BCUT2D eigenvalue weighted by atomic mass is 10.7. The second-order valence-corrected chi connectivity index (χ2v) is 9.09. The van der Waals surface area contributed by atoms with Crippen LogP contribution in [0.2, 0.25) is 0 Å². The van der Waals surface area contributed by atoms with E-state index in [2.05, 4.69) is 44.0 Å². The topological polar surface area (TPSA) is 0 Å². The van der Waals surface area contributed by atoms with Crippen LogP contribution in [-0.2, 0) is 10.7 Å². The minimum absolute atomic E-state index is 0.153. The van der Waals surface area contributed by atoms with Crippen molar-refractivity contribution in [1.82, 2.24) is 0 Å². The van der Waals surface area contributed by atoms with Crippen molar-refractivity contribution in [2.75, 3.05) is 12.5 Å². The van der Waals surface area contributed by atoms with Crippen LogP contribution < -0.4 is 0 Å². The van der Waals surface area contributed by atoms with Crippen LogP contribution in [0.15, 0.2) is 0 Å². The highest BCUT2D eigenvalue weighted by Crippen LogP contribution is 2.08. The Hall–Kier alpha value is 1.37. The van der Waals surface area contributed by atoms with E-state index in [9.17, 15) is 0 Å². The van der Waals surface area contributed by atoms with Gasteiger partial charge in [0.25, 0.3) is 0 Å². The predicted octanol–water partition coefficient (Wildman–Crippen LogP) is 1.37. The van der Waals surface area contributed by atoms with Crippen LogP contribution >= 0.6 is 31.5 Å². The molecule has 0 amide bonds. The molecule has 0 aromatic rings. The van der Waals surface area contributed by atoms with Gasteiger partial charge in [-0.1, -0.05) is 0 Å². The SMILES string of the molecule is C[S+](C)[BH-](Br)Br. The molecular weight excluding hydrogens is 227 g/mol. The first-order valence-electron chi connectivity index (χ1n) is 1.64. The maximum atomic E-state index is 3.45. The molecule has 0 heterocycles. The summed E-state index contributed by atoms with van der Waals surface area (Å²) in [5.41, 5.74) is 0. The van der Waals surface area contributed by atoms with Crippen molar-refractivity contribution < 1.29 is 0 Å². The minimum Gasteiger partial charge on any atom is -0.276 e. The summed E-state index contributed by atoms with van der Waals surface area (Å²) in [6, 6.07) is 0. The van der Waals surface area contributed by atoms with E-state index < -0.39 is 0 Å². The third-order valence-corrected chi connectivity index (χ3v) is 6.80. The average molecular weight is 234 g/mol. The molecule has 0 rings (SSSR count). The van der Waals surface area contributed by atoms with Gasteiger partial charge in [0, 0.05) is 0 Å². The fraction of sp³-hybridized carbons (Fsp3) is 1.00. The van der Waals surface area contributed by atoms with Gasteiger partial charge < -0.3 is 0 Å². The van der Waals surface area contributed by atoms with Crippen molar-refractivity contribution in [2.24, 2.45) is 0 Å². The van der Waals surface area contributed by atoms with E-state index in [4.69, 9.17) is 0 Å². The van der Waals surface area contributed by atoms with E-state index in [-0.39, 0.29) is 3.64 Å². The summed E-state index contributed by atoms with van der Waals surface area (Å²) in [5, 5.41) is 0. The molecule has 0 aromatic heterocycles. The molecule has 0 aliphatic rings. The largest absolute Gasteiger partial charge is 0.330 e.